The maximum Gasteiger partial charge on any atom is 0.291 e. The minimum absolute atomic E-state index is 0.150. The van der Waals surface area contributed by atoms with E-state index in [-0.39, 0.29) is 10.2 Å². The van der Waals surface area contributed by atoms with E-state index in [1.807, 2.05) is 27.7 Å². The number of nitrogens with zero attached hydrogens (tertiary/aromatic N) is 3. The van der Waals surface area contributed by atoms with Crippen LogP contribution in [0.5, 0.6) is 0 Å². The highest BCUT2D eigenvalue weighted by atomic mass is 32.2. The standard InChI is InChI=1S/C15H19N3O4S2/c1-10-13(15(2,3)4)23-14(17(10)5)16-24(21,22)12-9-7-6-8-11(12)18(19)20/h6-9H,1-5H3/b16-14-. The Bertz CT molecular complexity index is 963. The molecule has 0 unspecified atom stereocenters. The Morgan fingerprint density at radius 3 is 2.33 bits per heavy atom. The van der Waals surface area contributed by atoms with Crippen LogP contribution in [0.4, 0.5) is 5.69 Å². The zero-order chi connectivity index (χ0) is 18.3. The van der Waals surface area contributed by atoms with Gasteiger partial charge in [-0.25, -0.2) is 0 Å². The first-order chi connectivity index (χ1) is 10.9. The van der Waals surface area contributed by atoms with E-state index in [2.05, 4.69) is 4.40 Å². The van der Waals surface area contributed by atoms with Gasteiger partial charge in [0.25, 0.3) is 15.7 Å². The molecule has 24 heavy (non-hydrogen) atoms. The van der Waals surface area contributed by atoms with Crippen molar-refractivity contribution in [2.75, 3.05) is 0 Å². The molecule has 2 aromatic rings. The van der Waals surface area contributed by atoms with Crippen LogP contribution < -0.4 is 4.80 Å². The van der Waals surface area contributed by atoms with Gasteiger partial charge in [0, 0.05) is 23.7 Å². The van der Waals surface area contributed by atoms with Gasteiger partial charge in [0.1, 0.15) is 0 Å². The molecule has 0 radical (unpaired) electrons. The molecule has 1 heterocycles. The smallest absolute Gasteiger partial charge is 0.291 e. The average molecular weight is 369 g/mol. The van der Waals surface area contributed by atoms with Crippen LogP contribution >= 0.6 is 11.3 Å². The molecule has 7 nitrogen and oxygen atoms in total. The van der Waals surface area contributed by atoms with Gasteiger partial charge in [0.15, 0.2) is 4.90 Å². The van der Waals surface area contributed by atoms with Gasteiger partial charge < -0.3 is 4.57 Å². The predicted molar refractivity (Wildman–Crippen MR) is 92.6 cm³/mol. The van der Waals surface area contributed by atoms with Gasteiger partial charge in [-0.3, -0.25) is 10.1 Å². The number of hydrogen-bond acceptors (Lipinski definition) is 5. The Kier molecular flexibility index (Phi) is 4.69. The molecule has 1 aromatic carbocycles. The number of benzene rings is 1. The van der Waals surface area contributed by atoms with Crippen molar-refractivity contribution in [1.29, 1.82) is 0 Å². The van der Waals surface area contributed by atoms with E-state index in [0.29, 0.717) is 0 Å². The van der Waals surface area contributed by atoms with Gasteiger partial charge in [-0.2, -0.15) is 8.42 Å². The number of hydrogen-bond donors (Lipinski definition) is 0. The molecule has 0 atom stereocenters. The topological polar surface area (TPSA) is 94.6 Å². The molecule has 0 saturated carbocycles. The van der Waals surface area contributed by atoms with Gasteiger partial charge in [-0.1, -0.05) is 32.9 Å². The minimum atomic E-state index is -4.19. The highest BCUT2D eigenvalue weighted by Gasteiger charge is 2.26. The van der Waals surface area contributed by atoms with Crippen LogP contribution in [0, 0.1) is 17.0 Å². The van der Waals surface area contributed by atoms with Crippen molar-refractivity contribution >= 4 is 27.0 Å². The third-order valence-corrected chi connectivity index (χ3v) is 6.62. The Labute approximate surface area is 144 Å². The highest BCUT2D eigenvalue weighted by Crippen LogP contribution is 2.28. The molecule has 9 heteroatoms. The van der Waals surface area contributed by atoms with E-state index < -0.39 is 25.5 Å². The second-order valence-corrected chi connectivity index (χ2v) is 8.95. The molecule has 0 aliphatic rings. The van der Waals surface area contributed by atoms with Crippen LogP contribution in [0.3, 0.4) is 0 Å². The molecule has 1 aromatic heterocycles. The van der Waals surface area contributed by atoms with Crippen LogP contribution in [0.2, 0.25) is 0 Å². The lowest BCUT2D eigenvalue weighted by molar-refractivity contribution is -0.387. The lowest BCUT2D eigenvalue weighted by Crippen LogP contribution is -2.15. The van der Waals surface area contributed by atoms with E-state index >= 15 is 0 Å². The monoisotopic (exact) mass is 369 g/mol. The zero-order valence-corrected chi connectivity index (χ0v) is 15.7. The first-order valence-corrected chi connectivity index (χ1v) is 9.42. The molecule has 0 aliphatic carbocycles. The quantitative estimate of drug-likeness (QED) is 0.614. The fourth-order valence-electron chi connectivity index (χ4n) is 2.28. The van der Waals surface area contributed by atoms with E-state index in [0.717, 1.165) is 16.6 Å². The Morgan fingerprint density at radius 1 is 1.25 bits per heavy atom. The fourth-order valence-corrected chi connectivity index (χ4v) is 4.86. The molecule has 0 saturated heterocycles. The molecule has 0 bridgehead atoms. The van der Waals surface area contributed by atoms with Crippen molar-refractivity contribution in [3.63, 3.8) is 0 Å². The van der Waals surface area contributed by atoms with Crippen molar-refractivity contribution in [1.82, 2.24) is 4.57 Å². The summed E-state index contributed by atoms with van der Waals surface area (Å²) in [5.74, 6) is 0. The van der Waals surface area contributed by atoms with E-state index in [1.165, 1.54) is 29.5 Å². The zero-order valence-electron chi connectivity index (χ0n) is 14.1. The molecule has 2 rings (SSSR count). The number of aromatic nitrogens is 1. The first-order valence-electron chi connectivity index (χ1n) is 7.16. The third-order valence-electron chi connectivity index (χ3n) is 3.53. The summed E-state index contributed by atoms with van der Waals surface area (Å²) in [4.78, 5) is 11.3. The molecule has 0 aliphatic heterocycles. The normalized spacial score (nSPS) is 13.3. The number of nitro groups is 1. The van der Waals surface area contributed by atoms with Crippen LogP contribution in [0.1, 0.15) is 31.3 Å². The second-order valence-electron chi connectivity index (χ2n) is 6.40. The summed E-state index contributed by atoms with van der Waals surface area (Å²) in [6.07, 6.45) is 0. The van der Waals surface area contributed by atoms with Crippen molar-refractivity contribution in [3.8, 4) is 0 Å². The molecular formula is C15H19N3O4S2. The van der Waals surface area contributed by atoms with Crippen molar-refractivity contribution < 1.29 is 13.3 Å². The van der Waals surface area contributed by atoms with Gasteiger partial charge in [0.2, 0.25) is 4.80 Å². The SMILES string of the molecule is Cc1c(C(C)(C)C)s/c(=N\S(=O)(=O)c2ccccc2[N+](=O)[O-])n1C. The number of para-hydroxylation sites is 1. The van der Waals surface area contributed by atoms with Gasteiger partial charge in [0.05, 0.1) is 4.92 Å². The van der Waals surface area contributed by atoms with Crippen molar-refractivity contribution in [2.45, 2.75) is 38.0 Å². The highest BCUT2D eigenvalue weighted by molar-refractivity contribution is 7.90. The van der Waals surface area contributed by atoms with Crippen molar-refractivity contribution in [3.05, 3.63) is 49.8 Å². The maximum atomic E-state index is 12.6. The predicted octanol–water partition coefficient (Wildman–Crippen LogP) is 2.89. The summed E-state index contributed by atoms with van der Waals surface area (Å²) in [5.41, 5.74) is 0.292. The maximum absolute atomic E-state index is 12.6. The number of thiazole rings is 1. The molecule has 0 spiro atoms. The number of rotatable bonds is 3. The third kappa shape index (κ3) is 3.41. The summed E-state index contributed by atoms with van der Waals surface area (Å²) in [6.45, 7) is 8.00. The summed E-state index contributed by atoms with van der Waals surface area (Å²) < 4.78 is 30.7. The molecule has 0 amide bonds. The number of nitro benzene ring substituents is 1. The van der Waals surface area contributed by atoms with Gasteiger partial charge >= 0.3 is 0 Å². The summed E-state index contributed by atoms with van der Waals surface area (Å²) in [7, 11) is -2.46. The first kappa shape index (κ1) is 18.3. The van der Waals surface area contributed by atoms with Crippen LogP contribution in [-0.2, 0) is 22.5 Å². The van der Waals surface area contributed by atoms with E-state index in [9.17, 15) is 18.5 Å². The summed E-state index contributed by atoms with van der Waals surface area (Å²) in [5, 5.41) is 11.1. The Morgan fingerprint density at radius 2 is 1.83 bits per heavy atom. The lowest BCUT2D eigenvalue weighted by atomic mass is 9.93. The van der Waals surface area contributed by atoms with Gasteiger partial charge in [-0.05, 0) is 18.4 Å². The molecule has 0 fully saturated rings. The van der Waals surface area contributed by atoms with E-state index in [4.69, 9.17) is 0 Å². The van der Waals surface area contributed by atoms with Crippen molar-refractivity contribution in [2.24, 2.45) is 11.4 Å². The molecule has 130 valence electrons. The molecular weight excluding hydrogens is 350 g/mol. The Balaban J connectivity index is 2.71. The average Bonchev–Trinajstić information content (AvgIpc) is 2.75. The Hall–Kier alpha value is -2.00. The van der Waals surface area contributed by atoms with E-state index in [1.54, 1.807) is 11.6 Å². The van der Waals surface area contributed by atoms with Crippen LogP contribution in [-0.4, -0.2) is 17.9 Å². The lowest BCUT2D eigenvalue weighted by Gasteiger charge is -2.17. The van der Waals surface area contributed by atoms with Crippen LogP contribution in [0.25, 0.3) is 0 Å². The number of sulfonamides is 1. The molecule has 0 N–H and O–H groups in total. The van der Waals surface area contributed by atoms with Crippen LogP contribution in [0.15, 0.2) is 33.6 Å². The summed E-state index contributed by atoms with van der Waals surface area (Å²) >= 11 is 1.28. The largest absolute Gasteiger partial charge is 0.323 e. The summed E-state index contributed by atoms with van der Waals surface area (Å²) in [6, 6.07) is 5.21. The minimum Gasteiger partial charge on any atom is -0.323 e. The fraction of sp³-hybridized carbons (Fsp3) is 0.400. The van der Waals surface area contributed by atoms with Gasteiger partial charge in [-0.15, -0.1) is 15.7 Å². The second kappa shape index (κ2) is 6.14.